The number of thioether (sulfide) groups is 1. The van der Waals surface area contributed by atoms with E-state index in [4.69, 9.17) is 11.6 Å². The van der Waals surface area contributed by atoms with Gasteiger partial charge in [-0.15, -0.1) is 23.1 Å². The molecule has 3 aromatic rings. The zero-order valence-corrected chi connectivity index (χ0v) is 15.9. The highest BCUT2D eigenvalue weighted by Gasteiger charge is 2.12. The monoisotopic (exact) mass is 393 g/mol. The van der Waals surface area contributed by atoms with E-state index in [1.807, 2.05) is 29.6 Å². The SMILES string of the molecule is CN(Cc1ccccc1Cl)C(=O)CSCc1cc(=O)n2ccsc2n1. The van der Waals surface area contributed by atoms with Crippen molar-refractivity contribution >= 4 is 45.6 Å². The molecule has 5 nitrogen and oxygen atoms in total. The van der Waals surface area contributed by atoms with Crippen LogP contribution in [-0.2, 0) is 17.1 Å². The van der Waals surface area contributed by atoms with E-state index in [0.29, 0.717) is 33.7 Å². The lowest BCUT2D eigenvalue weighted by Crippen LogP contribution is -2.28. The molecule has 3 rings (SSSR count). The molecule has 0 aliphatic carbocycles. The van der Waals surface area contributed by atoms with Crippen LogP contribution in [0.1, 0.15) is 11.3 Å². The van der Waals surface area contributed by atoms with Gasteiger partial charge in [-0.2, -0.15) is 0 Å². The quantitative estimate of drug-likeness (QED) is 0.644. The van der Waals surface area contributed by atoms with Crippen LogP contribution in [0.4, 0.5) is 0 Å². The molecule has 1 amide bonds. The maximum absolute atomic E-state index is 12.3. The van der Waals surface area contributed by atoms with E-state index in [2.05, 4.69) is 4.98 Å². The van der Waals surface area contributed by atoms with Crippen molar-refractivity contribution in [3.63, 3.8) is 0 Å². The Morgan fingerprint density at radius 1 is 1.40 bits per heavy atom. The highest BCUT2D eigenvalue weighted by atomic mass is 35.5. The third kappa shape index (κ3) is 4.42. The first-order valence-corrected chi connectivity index (χ1v) is 9.97. The van der Waals surface area contributed by atoms with Crippen molar-refractivity contribution in [2.24, 2.45) is 0 Å². The van der Waals surface area contributed by atoms with Gasteiger partial charge in [0.25, 0.3) is 5.56 Å². The molecule has 0 saturated carbocycles. The summed E-state index contributed by atoms with van der Waals surface area (Å²) in [4.78, 5) is 31.0. The van der Waals surface area contributed by atoms with Gasteiger partial charge in [0.2, 0.25) is 5.91 Å². The Balaban J connectivity index is 1.54. The highest BCUT2D eigenvalue weighted by molar-refractivity contribution is 7.99. The average molecular weight is 394 g/mol. The number of carbonyl (C=O) groups is 1. The fourth-order valence-electron chi connectivity index (χ4n) is 2.29. The van der Waals surface area contributed by atoms with Gasteiger partial charge in [0.05, 0.1) is 11.4 Å². The third-order valence-corrected chi connectivity index (χ3v) is 5.70. The zero-order valence-electron chi connectivity index (χ0n) is 13.5. The van der Waals surface area contributed by atoms with E-state index in [1.165, 1.54) is 33.6 Å². The van der Waals surface area contributed by atoms with Gasteiger partial charge in [-0.05, 0) is 11.6 Å². The first-order valence-electron chi connectivity index (χ1n) is 7.55. The number of rotatable bonds is 6. The number of carbonyl (C=O) groups excluding carboxylic acids is 1. The first kappa shape index (κ1) is 18.0. The molecule has 2 heterocycles. The van der Waals surface area contributed by atoms with E-state index in [9.17, 15) is 9.59 Å². The summed E-state index contributed by atoms with van der Waals surface area (Å²) in [6.45, 7) is 0.472. The van der Waals surface area contributed by atoms with Crippen LogP contribution in [0.2, 0.25) is 5.02 Å². The van der Waals surface area contributed by atoms with E-state index in [0.717, 1.165) is 5.56 Å². The minimum atomic E-state index is -0.0935. The number of hydrogen-bond donors (Lipinski definition) is 0. The second-order valence-corrected chi connectivity index (χ2v) is 7.74. The molecule has 0 bridgehead atoms. The Labute approximate surface area is 158 Å². The summed E-state index contributed by atoms with van der Waals surface area (Å²) in [6.07, 6.45) is 1.71. The van der Waals surface area contributed by atoms with E-state index in [-0.39, 0.29) is 11.5 Å². The second-order valence-electron chi connectivity index (χ2n) is 5.48. The van der Waals surface area contributed by atoms with Crippen molar-refractivity contribution in [3.8, 4) is 0 Å². The fraction of sp³-hybridized carbons (Fsp3) is 0.235. The summed E-state index contributed by atoms with van der Waals surface area (Å²) in [7, 11) is 1.76. The van der Waals surface area contributed by atoms with Crippen LogP contribution in [0.15, 0.2) is 46.7 Å². The van der Waals surface area contributed by atoms with Gasteiger partial charge in [0.15, 0.2) is 4.96 Å². The maximum atomic E-state index is 12.3. The molecule has 0 saturated heterocycles. The van der Waals surface area contributed by atoms with Crippen molar-refractivity contribution in [2.45, 2.75) is 12.3 Å². The number of aromatic nitrogens is 2. The number of halogens is 1. The summed E-state index contributed by atoms with van der Waals surface area (Å²) >= 11 is 8.99. The third-order valence-electron chi connectivity index (χ3n) is 3.62. The molecule has 2 aromatic heterocycles. The summed E-state index contributed by atoms with van der Waals surface area (Å²) < 4.78 is 1.52. The Hall–Kier alpha value is -1.83. The van der Waals surface area contributed by atoms with Gasteiger partial charge in [0.1, 0.15) is 0 Å². The van der Waals surface area contributed by atoms with Crippen molar-refractivity contribution in [1.29, 1.82) is 0 Å². The van der Waals surface area contributed by atoms with Crippen LogP contribution >= 0.6 is 34.7 Å². The first-order chi connectivity index (χ1) is 12.0. The molecule has 0 spiro atoms. The van der Waals surface area contributed by atoms with Crippen molar-refractivity contribution in [3.05, 3.63) is 68.5 Å². The standard InChI is InChI=1S/C17H16ClN3O2S2/c1-20(9-12-4-2-3-5-14(12)18)16(23)11-24-10-13-8-15(22)21-6-7-25-17(21)19-13/h2-8H,9-11H2,1H3. The molecule has 0 atom stereocenters. The predicted octanol–water partition coefficient (Wildman–Crippen LogP) is 3.30. The molecular weight excluding hydrogens is 378 g/mol. The highest BCUT2D eigenvalue weighted by Crippen LogP contribution is 2.17. The van der Waals surface area contributed by atoms with Crippen molar-refractivity contribution < 1.29 is 4.79 Å². The Morgan fingerprint density at radius 3 is 3.00 bits per heavy atom. The molecule has 130 valence electrons. The second kappa shape index (κ2) is 8.03. The van der Waals surface area contributed by atoms with Crippen LogP contribution in [0, 0.1) is 0 Å². The summed E-state index contributed by atoms with van der Waals surface area (Å²) in [5.74, 6) is 0.862. The van der Waals surface area contributed by atoms with Crippen LogP contribution in [0.25, 0.3) is 4.96 Å². The summed E-state index contributed by atoms with van der Waals surface area (Å²) in [5.41, 5.74) is 1.52. The molecular formula is C17H16ClN3O2S2. The van der Waals surface area contributed by atoms with Gasteiger partial charge in [-0.3, -0.25) is 14.0 Å². The van der Waals surface area contributed by atoms with Gasteiger partial charge >= 0.3 is 0 Å². The maximum Gasteiger partial charge on any atom is 0.258 e. The molecule has 0 fully saturated rings. The number of thiazole rings is 1. The Bertz CT molecular complexity index is 954. The summed E-state index contributed by atoms with van der Waals surface area (Å²) in [5, 5.41) is 2.48. The lowest BCUT2D eigenvalue weighted by atomic mass is 10.2. The number of fused-ring (bicyclic) bond motifs is 1. The van der Waals surface area contributed by atoms with Crippen molar-refractivity contribution in [2.75, 3.05) is 12.8 Å². The van der Waals surface area contributed by atoms with Gasteiger partial charge in [0, 0.05) is 42.0 Å². The van der Waals surface area contributed by atoms with E-state index >= 15 is 0 Å². The van der Waals surface area contributed by atoms with Crippen LogP contribution in [0.5, 0.6) is 0 Å². The van der Waals surface area contributed by atoms with E-state index in [1.54, 1.807) is 18.1 Å². The number of hydrogen-bond acceptors (Lipinski definition) is 5. The lowest BCUT2D eigenvalue weighted by molar-refractivity contribution is -0.127. The lowest BCUT2D eigenvalue weighted by Gasteiger charge is -2.17. The summed E-state index contributed by atoms with van der Waals surface area (Å²) in [6, 6.07) is 9.01. The number of benzene rings is 1. The van der Waals surface area contributed by atoms with Gasteiger partial charge in [-0.25, -0.2) is 4.98 Å². The minimum Gasteiger partial charge on any atom is -0.341 e. The molecule has 0 N–H and O–H groups in total. The topological polar surface area (TPSA) is 54.7 Å². The molecule has 1 aromatic carbocycles. The van der Waals surface area contributed by atoms with Crippen molar-refractivity contribution in [1.82, 2.24) is 14.3 Å². The van der Waals surface area contributed by atoms with Crippen LogP contribution < -0.4 is 5.56 Å². The van der Waals surface area contributed by atoms with Gasteiger partial charge < -0.3 is 4.90 Å². The minimum absolute atomic E-state index is 0.0128. The molecule has 0 aliphatic rings. The smallest absolute Gasteiger partial charge is 0.258 e. The van der Waals surface area contributed by atoms with Crippen LogP contribution in [0.3, 0.4) is 0 Å². The predicted molar refractivity (Wildman–Crippen MR) is 103 cm³/mol. The molecule has 0 unspecified atom stereocenters. The fourth-order valence-corrected chi connectivity index (χ4v) is 4.07. The van der Waals surface area contributed by atoms with Crippen LogP contribution in [-0.4, -0.2) is 33.0 Å². The largest absolute Gasteiger partial charge is 0.341 e. The zero-order chi connectivity index (χ0) is 17.8. The van der Waals surface area contributed by atoms with E-state index < -0.39 is 0 Å². The Morgan fingerprint density at radius 2 is 2.20 bits per heavy atom. The molecule has 8 heteroatoms. The molecule has 0 aliphatic heterocycles. The molecule has 25 heavy (non-hydrogen) atoms. The number of amides is 1. The molecule has 0 radical (unpaired) electrons. The van der Waals surface area contributed by atoms with Gasteiger partial charge in [-0.1, -0.05) is 29.8 Å². The Kier molecular flexibility index (Phi) is 5.78. The number of nitrogens with zero attached hydrogens (tertiary/aromatic N) is 3. The normalized spacial score (nSPS) is 11.0. The average Bonchev–Trinajstić information content (AvgIpc) is 3.06.